The molecule has 1 rings (SSSR count). The Kier molecular flexibility index (Phi) is 5.02. The molecule has 0 heterocycles. The summed E-state index contributed by atoms with van der Waals surface area (Å²) in [5.74, 6) is -0.961. The zero-order valence-electron chi connectivity index (χ0n) is 12.4. The summed E-state index contributed by atoms with van der Waals surface area (Å²) in [6.07, 6.45) is -0.203. The predicted octanol–water partition coefficient (Wildman–Crippen LogP) is 1.84. The van der Waals surface area contributed by atoms with Crippen molar-refractivity contribution in [3.63, 3.8) is 0 Å². The van der Waals surface area contributed by atoms with Gasteiger partial charge in [-0.2, -0.15) is 0 Å². The van der Waals surface area contributed by atoms with E-state index in [4.69, 9.17) is 0 Å². The molecule has 7 nitrogen and oxygen atoms in total. The summed E-state index contributed by atoms with van der Waals surface area (Å²) in [5, 5.41) is 13.6. The van der Waals surface area contributed by atoms with Gasteiger partial charge in [0.15, 0.2) is 0 Å². The van der Waals surface area contributed by atoms with Crippen molar-refractivity contribution in [2.75, 3.05) is 7.11 Å². The van der Waals surface area contributed by atoms with Gasteiger partial charge in [0.25, 0.3) is 11.6 Å². The molecule has 114 valence electrons. The molecule has 1 amide bonds. The first-order valence-corrected chi connectivity index (χ1v) is 6.30. The van der Waals surface area contributed by atoms with Crippen LogP contribution in [0.15, 0.2) is 18.2 Å². The van der Waals surface area contributed by atoms with Crippen molar-refractivity contribution in [3.8, 4) is 0 Å². The Balaban J connectivity index is 3.20. The van der Waals surface area contributed by atoms with E-state index in [1.807, 2.05) is 20.8 Å². The average molecular weight is 294 g/mol. The van der Waals surface area contributed by atoms with Gasteiger partial charge in [-0.25, -0.2) is 0 Å². The number of nitrogens with zero attached hydrogens (tertiary/aromatic N) is 1. The topological polar surface area (TPSA) is 98.5 Å². The van der Waals surface area contributed by atoms with E-state index in [1.165, 1.54) is 25.3 Å². The number of non-ortho nitro benzene ring substituents is 1. The molecular weight excluding hydrogens is 276 g/mol. The summed E-state index contributed by atoms with van der Waals surface area (Å²) in [6.45, 7) is 5.45. The summed E-state index contributed by atoms with van der Waals surface area (Å²) in [4.78, 5) is 33.8. The Morgan fingerprint density at radius 3 is 2.43 bits per heavy atom. The number of carbonyl (C=O) groups excluding carboxylic acids is 2. The number of nitrogens with one attached hydrogen (secondary N) is 1. The highest BCUT2D eigenvalue weighted by Crippen LogP contribution is 2.19. The zero-order valence-corrected chi connectivity index (χ0v) is 12.4. The van der Waals surface area contributed by atoms with Crippen molar-refractivity contribution in [1.82, 2.24) is 5.32 Å². The molecule has 0 aliphatic carbocycles. The quantitative estimate of drug-likeness (QED) is 0.519. The Bertz CT molecular complexity index is 575. The van der Waals surface area contributed by atoms with E-state index in [2.05, 4.69) is 10.1 Å². The van der Waals surface area contributed by atoms with Crippen molar-refractivity contribution >= 4 is 17.6 Å². The maximum Gasteiger partial charge on any atom is 0.310 e. The average Bonchev–Trinajstić information content (AvgIpc) is 2.36. The number of nitro groups is 1. The normalized spacial score (nSPS) is 10.9. The molecule has 1 aromatic rings. The molecule has 0 radical (unpaired) electrons. The van der Waals surface area contributed by atoms with E-state index < -0.39 is 22.3 Å². The van der Waals surface area contributed by atoms with Crippen LogP contribution >= 0.6 is 0 Å². The van der Waals surface area contributed by atoms with Gasteiger partial charge in [0.05, 0.1) is 18.5 Å². The Labute approximate surface area is 122 Å². The van der Waals surface area contributed by atoms with Crippen LogP contribution in [0.2, 0.25) is 0 Å². The fourth-order valence-corrected chi connectivity index (χ4v) is 1.70. The highest BCUT2D eigenvalue weighted by Gasteiger charge is 2.21. The van der Waals surface area contributed by atoms with Crippen LogP contribution in [-0.4, -0.2) is 29.4 Å². The number of esters is 1. The number of rotatable bonds is 4. The number of amides is 1. The minimum absolute atomic E-state index is 0.179. The third-order valence-corrected chi connectivity index (χ3v) is 2.60. The molecule has 0 bridgehead atoms. The van der Waals surface area contributed by atoms with E-state index in [1.54, 1.807) is 0 Å². The lowest BCUT2D eigenvalue weighted by Crippen LogP contribution is -2.41. The van der Waals surface area contributed by atoms with Gasteiger partial charge in [0, 0.05) is 23.2 Å². The van der Waals surface area contributed by atoms with E-state index >= 15 is 0 Å². The first-order valence-electron chi connectivity index (χ1n) is 6.30. The first kappa shape index (κ1) is 16.6. The molecule has 1 aromatic carbocycles. The molecule has 0 saturated carbocycles. The van der Waals surface area contributed by atoms with Crippen LogP contribution in [0.4, 0.5) is 5.69 Å². The molecular formula is C14H18N2O5. The highest BCUT2D eigenvalue weighted by atomic mass is 16.6. The maximum absolute atomic E-state index is 12.2. The van der Waals surface area contributed by atoms with Crippen LogP contribution in [0.1, 0.15) is 36.7 Å². The standard InChI is InChI=1S/C14H18N2O5/c1-14(2,3)15-13(18)11-6-5-10(16(19)20)7-9(11)8-12(17)21-4/h5-7H,8H2,1-4H3,(H,15,18). The van der Waals surface area contributed by atoms with Crippen molar-refractivity contribution in [3.05, 3.63) is 39.4 Å². The lowest BCUT2D eigenvalue weighted by Gasteiger charge is -2.21. The molecule has 0 unspecified atom stereocenters. The summed E-state index contributed by atoms with van der Waals surface area (Å²) in [6, 6.07) is 3.80. The number of hydrogen-bond donors (Lipinski definition) is 1. The van der Waals surface area contributed by atoms with Crippen LogP contribution in [0, 0.1) is 10.1 Å². The number of methoxy groups -OCH3 is 1. The molecule has 0 saturated heterocycles. The molecule has 21 heavy (non-hydrogen) atoms. The zero-order chi connectivity index (χ0) is 16.2. The minimum atomic E-state index is -0.577. The minimum Gasteiger partial charge on any atom is -0.469 e. The Morgan fingerprint density at radius 1 is 1.33 bits per heavy atom. The third-order valence-electron chi connectivity index (χ3n) is 2.60. The fourth-order valence-electron chi connectivity index (χ4n) is 1.70. The Morgan fingerprint density at radius 2 is 1.95 bits per heavy atom. The molecule has 7 heteroatoms. The van der Waals surface area contributed by atoms with Gasteiger partial charge in [0.2, 0.25) is 0 Å². The van der Waals surface area contributed by atoms with Crippen LogP contribution in [0.25, 0.3) is 0 Å². The monoisotopic (exact) mass is 294 g/mol. The van der Waals surface area contributed by atoms with Gasteiger partial charge >= 0.3 is 5.97 Å². The van der Waals surface area contributed by atoms with Crippen LogP contribution in [-0.2, 0) is 16.0 Å². The second-order valence-electron chi connectivity index (χ2n) is 5.56. The van der Waals surface area contributed by atoms with Gasteiger partial charge < -0.3 is 10.1 Å². The third kappa shape index (κ3) is 4.87. The number of carbonyl (C=O) groups is 2. The summed E-state index contributed by atoms with van der Waals surface area (Å²) in [5.41, 5.74) is -0.151. The van der Waals surface area contributed by atoms with E-state index in [0.717, 1.165) is 0 Å². The van der Waals surface area contributed by atoms with Crippen molar-refractivity contribution in [2.24, 2.45) is 0 Å². The van der Waals surface area contributed by atoms with Gasteiger partial charge in [0.1, 0.15) is 0 Å². The van der Waals surface area contributed by atoms with Crippen molar-refractivity contribution < 1.29 is 19.2 Å². The van der Waals surface area contributed by atoms with Gasteiger partial charge in [-0.05, 0) is 32.4 Å². The molecule has 0 fully saturated rings. The highest BCUT2D eigenvalue weighted by molar-refractivity contribution is 5.97. The Hall–Kier alpha value is -2.44. The smallest absolute Gasteiger partial charge is 0.310 e. The molecule has 0 aromatic heterocycles. The maximum atomic E-state index is 12.2. The number of nitro benzene ring substituents is 1. The molecule has 0 atom stereocenters. The number of hydrogen-bond acceptors (Lipinski definition) is 5. The first-order chi connectivity index (χ1) is 9.64. The van der Waals surface area contributed by atoms with Crippen molar-refractivity contribution in [1.29, 1.82) is 0 Å². The van der Waals surface area contributed by atoms with Gasteiger partial charge in [-0.1, -0.05) is 0 Å². The van der Waals surface area contributed by atoms with Crippen molar-refractivity contribution in [2.45, 2.75) is 32.7 Å². The second-order valence-corrected chi connectivity index (χ2v) is 5.56. The van der Waals surface area contributed by atoms with E-state index in [0.29, 0.717) is 0 Å². The van der Waals surface area contributed by atoms with E-state index in [9.17, 15) is 19.7 Å². The number of ether oxygens (including phenoxy) is 1. The molecule has 0 aliphatic heterocycles. The summed E-state index contributed by atoms with van der Waals surface area (Å²) < 4.78 is 4.55. The van der Waals surface area contributed by atoms with E-state index in [-0.39, 0.29) is 23.2 Å². The molecule has 0 spiro atoms. The van der Waals surface area contributed by atoms with Gasteiger partial charge in [-0.3, -0.25) is 19.7 Å². The predicted molar refractivity (Wildman–Crippen MR) is 76.0 cm³/mol. The SMILES string of the molecule is COC(=O)Cc1cc([N+](=O)[O-])ccc1C(=O)NC(C)(C)C. The largest absolute Gasteiger partial charge is 0.469 e. The van der Waals surface area contributed by atoms with Crippen LogP contribution < -0.4 is 5.32 Å². The lowest BCUT2D eigenvalue weighted by atomic mass is 10.0. The summed E-state index contributed by atoms with van der Waals surface area (Å²) >= 11 is 0. The number of benzene rings is 1. The van der Waals surface area contributed by atoms with Crippen LogP contribution in [0.3, 0.4) is 0 Å². The van der Waals surface area contributed by atoms with Crippen LogP contribution in [0.5, 0.6) is 0 Å². The molecule has 0 aliphatic rings. The molecule has 1 N–H and O–H groups in total. The fraction of sp³-hybridized carbons (Fsp3) is 0.429. The van der Waals surface area contributed by atoms with Gasteiger partial charge in [-0.15, -0.1) is 0 Å². The summed E-state index contributed by atoms with van der Waals surface area (Å²) in [7, 11) is 1.22. The second kappa shape index (κ2) is 6.34. The lowest BCUT2D eigenvalue weighted by molar-refractivity contribution is -0.384.